The van der Waals surface area contributed by atoms with Crippen LogP contribution in [0.4, 0.5) is 0 Å². The van der Waals surface area contributed by atoms with Gasteiger partial charge in [0.2, 0.25) is 0 Å². The molecule has 0 saturated heterocycles. The van der Waals surface area contributed by atoms with E-state index in [0.717, 1.165) is 10.5 Å². The van der Waals surface area contributed by atoms with Gasteiger partial charge in [0.05, 0.1) is 4.88 Å². The minimum absolute atomic E-state index is 0.0676. The van der Waals surface area contributed by atoms with E-state index in [1.54, 1.807) is 11.9 Å². The van der Waals surface area contributed by atoms with Crippen molar-refractivity contribution in [3.63, 3.8) is 0 Å². The van der Waals surface area contributed by atoms with Crippen molar-refractivity contribution < 1.29 is 4.79 Å². The quantitative estimate of drug-likeness (QED) is 0.678. The van der Waals surface area contributed by atoms with E-state index in [1.807, 2.05) is 24.4 Å². The third-order valence-electron chi connectivity index (χ3n) is 1.59. The minimum atomic E-state index is 0.0676. The maximum Gasteiger partial charge on any atom is 0.263 e. The van der Waals surface area contributed by atoms with Gasteiger partial charge in [-0.05, 0) is 18.4 Å². The first kappa shape index (κ1) is 9.99. The smallest absolute Gasteiger partial charge is 0.263 e. The Bertz CT molecular complexity index is 303. The summed E-state index contributed by atoms with van der Waals surface area (Å²) in [5, 5.41) is 1.90. The lowest BCUT2D eigenvalue weighted by molar-refractivity contribution is 0.0811. The van der Waals surface area contributed by atoms with E-state index in [2.05, 4.69) is 6.58 Å². The number of carbonyl (C=O) groups is 1. The second-order valence-corrected chi connectivity index (χ2v) is 4.04. The van der Waals surface area contributed by atoms with Gasteiger partial charge < -0.3 is 4.90 Å². The highest BCUT2D eigenvalue weighted by atomic mass is 32.1. The fourth-order valence-electron chi connectivity index (χ4n) is 1.07. The number of thiophene rings is 1. The van der Waals surface area contributed by atoms with Crippen LogP contribution in [-0.4, -0.2) is 24.4 Å². The number of amides is 1. The van der Waals surface area contributed by atoms with Crippen molar-refractivity contribution in [2.75, 3.05) is 13.6 Å². The van der Waals surface area contributed by atoms with Gasteiger partial charge in [-0.1, -0.05) is 18.2 Å². The molecule has 0 saturated carbocycles. The standard InChI is InChI=1S/C10H13NOS/c1-8(2)7-11(3)10(12)9-5-4-6-13-9/h4-6H,1,7H2,2-3H3. The Morgan fingerprint density at radius 2 is 2.38 bits per heavy atom. The lowest BCUT2D eigenvalue weighted by Gasteiger charge is -2.15. The van der Waals surface area contributed by atoms with Crippen molar-refractivity contribution in [3.05, 3.63) is 34.5 Å². The zero-order valence-electron chi connectivity index (χ0n) is 7.91. The van der Waals surface area contributed by atoms with Crippen LogP contribution in [0.5, 0.6) is 0 Å². The van der Waals surface area contributed by atoms with Crippen molar-refractivity contribution in [1.82, 2.24) is 4.90 Å². The molecule has 0 aliphatic rings. The average molecular weight is 195 g/mol. The summed E-state index contributed by atoms with van der Waals surface area (Å²) in [6.45, 7) is 6.30. The van der Waals surface area contributed by atoms with Crippen LogP contribution in [-0.2, 0) is 0 Å². The van der Waals surface area contributed by atoms with Crippen molar-refractivity contribution in [3.8, 4) is 0 Å². The lowest BCUT2D eigenvalue weighted by atomic mass is 10.3. The lowest BCUT2D eigenvalue weighted by Crippen LogP contribution is -2.27. The number of rotatable bonds is 3. The molecular weight excluding hydrogens is 182 g/mol. The van der Waals surface area contributed by atoms with Crippen LogP contribution in [0, 0.1) is 0 Å². The number of carbonyl (C=O) groups excluding carboxylic acids is 1. The molecular formula is C10H13NOS. The monoisotopic (exact) mass is 195 g/mol. The molecule has 3 heteroatoms. The largest absolute Gasteiger partial charge is 0.337 e. The van der Waals surface area contributed by atoms with Gasteiger partial charge in [0.1, 0.15) is 0 Å². The molecule has 0 aromatic carbocycles. The molecule has 0 fully saturated rings. The van der Waals surface area contributed by atoms with E-state index < -0.39 is 0 Å². The molecule has 0 radical (unpaired) electrons. The Morgan fingerprint density at radius 3 is 2.85 bits per heavy atom. The summed E-state index contributed by atoms with van der Waals surface area (Å²) in [6.07, 6.45) is 0. The van der Waals surface area contributed by atoms with Gasteiger partial charge in [-0.3, -0.25) is 4.79 Å². The van der Waals surface area contributed by atoms with E-state index >= 15 is 0 Å². The average Bonchev–Trinajstić information content (AvgIpc) is 2.53. The van der Waals surface area contributed by atoms with Crippen LogP contribution in [0.25, 0.3) is 0 Å². The van der Waals surface area contributed by atoms with Crippen LogP contribution < -0.4 is 0 Å². The van der Waals surface area contributed by atoms with Crippen LogP contribution in [0.3, 0.4) is 0 Å². The van der Waals surface area contributed by atoms with E-state index in [0.29, 0.717) is 6.54 Å². The molecule has 0 spiro atoms. The summed E-state index contributed by atoms with van der Waals surface area (Å²) in [5.74, 6) is 0.0676. The number of hydrogen-bond acceptors (Lipinski definition) is 2. The Hall–Kier alpha value is -1.09. The zero-order valence-corrected chi connectivity index (χ0v) is 8.73. The molecule has 0 aliphatic carbocycles. The normalized spacial score (nSPS) is 9.69. The highest BCUT2D eigenvalue weighted by Gasteiger charge is 2.11. The molecule has 1 rings (SSSR count). The van der Waals surface area contributed by atoms with Gasteiger partial charge in [-0.2, -0.15) is 0 Å². The third-order valence-corrected chi connectivity index (χ3v) is 2.44. The second-order valence-electron chi connectivity index (χ2n) is 3.10. The van der Waals surface area contributed by atoms with Crippen LogP contribution in [0.15, 0.2) is 29.7 Å². The Morgan fingerprint density at radius 1 is 1.69 bits per heavy atom. The Labute approximate surface area is 82.5 Å². The predicted octanol–water partition coefficient (Wildman–Crippen LogP) is 2.40. The molecule has 1 amide bonds. The van der Waals surface area contributed by atoms with Crippen molar-refractivity contribution in [1.29, 1.82) is 0 Å². The molecule has 0 bridgehead atoms. The topological polar surface area (TPSA) is 20.3 Å². The van der Waals surface area contributed by atoms with Gasteiger partial charge in [-0.15, -0.1) is 11.3 Å². The van der Waals surface area contributed by atoms with E-state index in [4.69, 9.17) is 0 Å². The van der Waals surface area contributed by atoms with Gasteiger partial charge in [0.25, 0.3) is 5.91 Å². The van der Waals surface area contributed by atoms with Gasteiger partial charge >= 0.3 is 0 Å². The summed E-state index contributed by atoms with van der Waals surface area (Å²) in [5.41, 5.74) is 0.993. The minimum Gasteiger partial charge on any atom is -0.337 e. The first-order chi connectivity index (χ1) is 6.11. The number of nitrogens with zero attached hydrogens (tertiary/aromatic N) is 1. The molecule has 0 N–H and O–H groups in total. The maximum atomic E-state index is 11.6. The van der Waals surface area contributed by atoms with Crippen LogP contribution in [0.2, 0.25) is 0 Å². The molecule has 0 unspecified atom stereocenters. The van der Waals surface area contributed by atoms with Gasteiger partial charge in [0.15, 0.2) is 0 Å². The highest BCUT2D eigenvalue weighted by Crippen LogP contribution is 2.11. The van der Waals surface area contributed by atoms with Crippen LogP contribution in [0.1, 0.15) is 16.6 Å². The SMILES string of the molecule is C=C(C)CN(C)C(=O)c1cccs1. The summed E-state index contributed by atoms with van der Waals surface area (Å²) in [4.78, 5) is 14.1. The van der Waals surface area contributed by atoms with Gasteiger partial charge in [-0.25, -0.2) is 0 Å². The molecule has 2 nitrogen and oxygen atoms in total. The molecule has 0 aliphatic heterocycles. The second kappa shape index (κ2) is 4.23. The number of hydrogen-bond donors (Lipinski definition) is 0. The molecule has 1 heterocycles. The third kappa shape index (κ3) is 2.70. The molecule has 70 valence electrons. The van der Waals surface area contributed by atoms with Crippen molar-refractivity contribution >= 4 is 17.2 Å². The molecule has 1 aromatic heterocycles. The fraction of sp³-hybridized carbons (Fsp3) is 0.300. The molecule has 13 heavy (non-hydrogen) atoms. The van der Waals surface area contributed by atoms with Gasteiger partial charge in [0, 0.05) is 13.6 Å². The first-order valence-electron chi connectivity index (χ1n) is 4.04. The molecule has 1 aromatic rings. The Balaban J connectivity index is 2.63. The van der Waals surface area contributed by atoms with Crippen molar-refractivity contribution in [2.24, 2.45) is 0 Å². The summed E-state index contributed by atoms with van der Waals surface area (Å²) in [7, 11) is 1.79. The van der Waals surface area contributed by atoms with E-state index in [9.17, 15) is 4.79 Å². The number of likely N-dealkylation sites (N-methyl/N-ethyl adjacent to an activating group) is 1. The predicted molar refractivity (Wildman–Crippen MR) is 56.1 cm³/mol. The summed E-state index contributed by atoms with van der Waals surface area (Å²) in [6, 6.07) is 3.72. The summed E-state index contributed by atoms with van der Waals surface area (Å²) >= 11 is 1.47. The van der Waals surface area contributed by atoms with Crippen molar-refractivity contribution in [2.45, 2.75) is 6.92 Å². The van der Waals surface area contributed by atoms with Crippen LogP contribution >= 0.6 is 11.3 Å². The fourth-order valence-corrected chi connectivity index (χ4v) is 1.78. The highest BCUT2D eigenvalue weighted by molar-refractivity contribution is 7.12. The van der Waals surface area contributed by atoms with E-state index in [-0.39, 0.29) is 5.91 Å². The summed E-state index contributed by atoms with van der Waals surface area (Å²) < 4.78 is 0. The maximum absolute atomic E-state index is 11.6. The van der Waals surface area contributed by atoms with E-state index in [1.165, 1.54) is 11.3 Å². The Kier molecular flexibility index (Phi) is 3.25. The molecule has 0 atom stereocenters. The zero-order chi connectivity index (χ0) is 9.84. The first-order valence-corrected chi connectivity index (χ1v) is 4.92.